The number of rotatable bonds is 6. The monoisotopic (exact) mass is 508 g/mol. The molecule has 2 atom stereocenters. The van der Waals surface area contributed by atoms with Crippen LogP contribution in [0.2, 0.25) is 0 Å². The van der Waals surface area contributed by atoms with Crippen LogP contribution >= 0.6 is 12.2 Å². The third kappa shape index (κ3) is 5.92. The molecule has 1 aromatic heterocycles. The third-order valence-electron chi connectivity index (χ3n) is 7.97. The van der Waals surface area contributed by atoms with E-state index in [4.69, 9.17) is 26.9 Å². The zero-order valence-electron chi connectivity index (χ0n) is 21.7. The lowest BCUT2D eigenvalue weighted by molar-refractivity contribution is 0.0515. The van der Waals surface area contributed by atoms with Gasteiger partial charge in [0.05, 0.1) is 0 Å². The number of piperidine rings is 1. The Bertz CT molecular complexity index is 1010. The Balaban J connectivity index is 1.32. The van der Waals surface area contributed by atoms with Gasteiger partial charge in [-0.1, -0.05) is 44.2 Å². The average molecular weight is 509 g/mol. The Morgan fingerprint density at radius 2 is 1.64 bits per heavy atom. The second-order valence-electron chi connectivity index (χ2n) is 11.0. The summed E-state index contributed by atoms with van der Waals surface area (Å²) >= 11 is 5.76. The van der Waals surface area contributed by atoms with Crippen molar-refractivity contribution in [2.45, 2.75) is 51.4 Å². The molecule has 0 aliphatic carbocycles. The first-order chi connectivity index (χ1) is 17.5. The number of thiocarbonyl (C=S) groups is 1. The van der Waals surface area contributed by atoms with Crippen LogP contribution in [0.3, 0.4) is 0 Å². The van der Waals surface area contributed by atoms with Crippen LogP contribution < -0.4 is 20.4 Å². The molecule has 3 fully saturated rings. The molecule has 194 valence electrons. The number of aromatic nitrogens is 2. The molecule has 3 aliphatic rings. The first-order valence-corrected chi connectivity index (χ1v) is 14.0. The van der Waals surface area contributed by atoms with Crippen molar-refractivity contribution in [1.29, 1.82) is 0 Å². The number of anilines is 3. The molecule has 4 heterocycles. The van der Waals surface area contributed by atoms with Crippen LogP contribution in [-0.4, -0.2) is 61.0 Å². The highest BCUT2D eigenvalue weighted by Gasteiger charge is 2.34. The third-order valence-corrected chi connectivity index (χ3v) is 8.22. The van der Waals surface area contributed by atoms with Gasteiger partial charge in [-0.25, -0.2) is 0 Å². The van der Waals surface area contributed by atoms with Gasteiger partial charge in [0, 0.05) is 57.4 Å². The van der Waals surface area contributed by atoms with Crippen LogP contribution in [-0.2, 0) is 10.2 Å². The molecule has 0 spiro atoms. The second-order valence-corrected chi connectivity index (χ2v) is 11.4. The van der Waals surface area contributed by atoms with Gasteiger partial charge in [-0.15, -0.1) is 0 Å². The SMILES string of the molecule is C[C@@H]1C[C@H](C)CN(c2cc(N3CCCC3)nc(NC(=S)NCC3(c4ccccc4)CCOCC3)n2)C1. The van der Waals surface area contributed by atoms with Crippen LogP contribution in [0.4, 0.5) is 17.6 Å². The van der Waals surface area contributed by atoms with E-state index in [0.29, 0.717) is 22.9 Å². The number of nitrogens with zero attached hydrogens (tertiary/aromatic N) is 4. The minimum Gasteiger partial charge on any atom is -0.381 e. The summed E-state index contributed by atoms with van der Waals surface area (Å²) in [5.74, 6) is 3.90. The lowest BCUT2D eigenvalue weighted by Gasteiger charge is -2.38. The molecule has 0 saturated carbocycles. The Labute approximate surface area is 221 Å². The van der Waals surface area contributed by atoms with Gasteiger partial charge in [-0.05, 0) is 61.7 Å². The molecule has 7 nitrogen and oxygen atoms in total. The predicted octanol–water partition coefficient (Wildman–Crippen LogP) is 4.59. The molecule has 2 aromatic rings. The molecular formula is C28H40N6OS. The summed E-state index contributed by atoms with van der Waals surface area (Å²) in [5.41, 5.74) is 1.35. The minimum absolute atomic E-state index is 0.00868. The van der Waals surface area contributed by atoms with Crippen LogP contribution in [0.1, 0.15) is 51.5 Å². The first-order valence-electron chi connectivity index (χ1n) is 13.6. The molecule has 0 amide bonds. The Morgan fingerprint density at radius 3 is 2.31 bits per heavy atom. The van der Waals surface area contributed by atoms with Gasteiger partial charge in [-0.3, -0.25) is 0 Å². The first kappa shape index (κ1) is 25.2. The van der Waals surface area contributed by atoms with Gasteiger partial charge in [0.1, 0.15) is 11.6 Å². The van der Waals surface area contributed by atoms with Crippen LogP contribution in [0, 0.1) is 11.8 Å². The normalized spacial score (nSPS) is 23.9. The maximum atomic E-state index is 5.76. The highest BCUT2D eigenvalue weighted by Crippen LogP contribution is 2.34. The number of hydrogen-bond acceptors (Lipinski definition) is 6. The van der Waals surface area contributed by atoms with E-state index >= 15 is 0 Å². The van der Waals surface area contributed by atoms with E-state index in [1.54, 1.807) is 0 Å². The van der Waals surface area contributed by atoms with E-state index in [0.717, 1.165) is 70.4 Å². The lowest BCUT2D eigenvalue weighted by atomic mass is 9.74. The standard InChI is InChI=1S/C28H40N6OS/c1-21-16-22(2)19-34(18-21)25-17-24(33-12-6-7-13-33)30-26(31-25)32-27(36)29-20-28(10-14-35-15-11-28)23-8-4-3-5-9-23/h3-5,8-9,17,21-22H,6-7,10-16,18-20H2,1-2H3,(H2,29,30,31,32,36)/t21-,22+. The van der Waals surface area contributed by atoms with Crippen molar-refractivity contribution in [1.82, 2.24) is 15.3 Å². The van der Waals surface area contributed by atoms with Crippen molar-refractivity contribution in [3.63, 3.8) is 0 Å². The lowest BCUT2D eigenvalue weighted by Crippen LogP contribution is -2.45. The summed E-state index contributed by atoms with van der Waals surface area (Å²) in [6.07, 6.45) is 5.65. The molecule has 0 unspecified atom stereocenters. The summed E-state index contributed by atoms with van der Waals surface area (Å²) in [5, 5.41) is 7.40. The Kier molecular flexibility index (Phi) is 7.91. The molecule has 8 heteroatoms. The van der Waals surface area contributed by atoms with Crippen LogP contribution in [0.5, 0.6) is 0 Å². The quantitative estimate of drug-likeness (QED) is 0.549. The second kappa shape index (κ2) is 11.3. The number of ether oxygens (including phenoxy) is 1. The fraction of sp³-hybridized carbons (Fsp3) is 0.607. The van der Waals surface area contributed by atoms with Crippen LogP contribution in [0.15, 0.2) is 36.4 Å². The van der Waals surface area contributed by atoms with Gasteiger partial charge < -0.3 is 25.2 Å². The number of benzene rings is 1. The van der Waals surface area contributed by atoms with Crippen LogP contribution in [0.25, 0.3) is 0 Å². The highest BCUT2D eigenvalue weighted by molar-refractivity contribution is 7.80. The Morgan fingerprint density at radius 1 is 1.00 bits per heavy atom. The molecule has 3 saturated heterocycles. The maximum absolute atomic E-state index is 5.76. The fourth-order valence-corrected chi connectivity index (χ4v) is 6.28. The topological polar surface area (TPSA) is 65.5 Å². The van der Waals surface area contributed by atoms with Crippen molar-refractivity contribution >= 4 is 34.9 Å². The summed E-state index contributed by atoms with van der Waals surface area (Å²) in [7, 11) is 0. The maximum Gasteiger partial charge on any atom is 0.232 e. The molecule has 5 rings (SSSR count). The van der Waals surface area contributed by atoms with Gasteiger partial charge in [0.25, 0.3) is 0 Å². The molecule has 2 N–H and O–H groups in total. The molecule has 0 radical (unpaired) electrons. The van der Waals surface area contributed by atoms with Crippen molar-refractivity contribution in [3.05, 3.63) is 42.0 Å². The van der Waals surface area contributed by atoms with Gasteiger partial charge in [0.2, 0.25) is 5.95 Å². The van der Waals surface area contributed by atoms with E-state index in [9.17, 15) is 0 Å². The largest absolute Gasteiger partial charge is 0.381 e. The van der Waals surface area contributed by atoms with E-state index in [2.05, 4.69) is 70.7 Å². The van der Waals surface area contributed by atoms with Gasteiger partial charge in [-0.2, -0.15) is 9.97 Å². The molecule has 36 heavy (non-hydrogen) atoms. The average Bonchev–Trinajstić information content (AvgIpc) is 3.43. The van der Waals surface area contributed by atoms with E-state index in [1.165, 1.54) is 24.8 Å². The molecular weight excluding hydrogens is 468 g/mol. The van der Waals surface area contributed by atoms with Crippen molar-refractivity contribution in [2.75, 3.05) is 61.1 Å². The van der Waals surface area contributed by atoms with E-state index in [-0.39, 0.29) is 5.41 Å². The molecule has 0 bridgehead atoms. The van der Waals surface area contributed by atoms with Gasteiger partial charge in [0.15, 0.2) is 5.11 Å². The molecule has 1 aromatic carbocycles. The van der Waals surface area contributed by atoms with E-state index < -0.39 is 0 Å². The zero-order chi connectivity index (χ0) is 25.0. The van der Waals surface area contributed by atoms with Crippen molar-refractivity contribution in [3.8, 4) is 0 Å². The fourth-order valence-electron chi connectivity index (χ4n) is 6.11. The predicted molar refractivity (Wildman–Crippen MR) is 151 cm³/mol. The zero-order valence-corrected chi connectivity index (χ0v) is 22.5. The van der Waals surface area contributed by atoms with Crippen molar-refractivity contribution in [2.24, 2.45) is 11.8 Å². The summed E-state index contributed by atoms with van der Waals surface area (Å²) in [6.45, 7) is 11.1. The summed E-state index contributed by atoms with van der Waals surface area (Å²) < 4.78 is 5.69. The number of nitrogens with one attached hydrogen (secondary N) is 2. The highest BCUT2D eigenvalue weighted by atomic mass is 32.1. The minimum atomic E-state index is 0.00868. The smallest absolute Gasteiger partial charge is 0.232 e. The van der Waals surface area contributed by atoms with Crippen molar-refractivity contribution < 1.29 is 4.74 Å². The Hall–Kier alpha value is -2.45. The summed E-state index contributed by atoms with van der Waals surface area (Å²) in [4.78, 5) is 14.6. The summed E-state index contributed by atoms with van der Waals surface area (Å²) in [6, 6.07) is 12.9. The number of hydrogen-bond donors (Lipinski definition) is 2. The van der Waals surface area contributed by atoms with Gasteiger partial charge >= 0.3 is 0 Å². The molecule has 3 aliphatic heterocycles. The van der Waals surface area contributed by atoms with E-state index in [1.807, 2.05) is 0 Å².